The first-order valence-corrected chi connectivity index (χ1v) is 8.92. The number of hydrogen-bond acceptors (Lipinski definition) is 3. The molecule has 0 unspecified atom stereocenters. The van der Waals surface area contributed by atoms with Gasteiger partial charge in [0.25, 0.3) is 0 Å². The van der Waals surface area contributed by atoms with E-state index in [0.29, 0.717) is 17.0 Å². The Labute approximate surface area is 161 Å². The molecule has 4 rings (SSSR count). The lowest BCUT2D eigenvalue weighted by Gasteiger charge is -2.02. The van der Waals surface area contributed by atoms with E-state index in [1.54, 1.807) is 31.4 Å². The molecule has 3 aromatic carbocycles. The van der Waals surface area contributed by atoms with Gasteiger partial charge in [0.1, 0.15) is 11.6 Å². The zero-order chi connectivity index (χ0) is 18.8. The SMILES string of the molecule is COc1ccc(-c2nc3ccc(CC(=O)c4cccc(Cl)c4)cc3[nH]2)cc1. The van der Waals surface area contributed by atoms with E-state index in [0.717, 1.165) is 33.7 Å². The third kappa shape index (κ3) is 3.71. The van der Waals surface area contributed by atoms with Crippen molar-refractivity contribution in [3.05, 3.63) is 82.9 Å². The number of benzene rings is 3. The molecule has 4 nitrogen and oxygen atoms in total. The first-order chi connectivity index (χ1) is 13.1. The van der Waals surface area contributed by atoms with Crippen LogP contribution < -0.4 is 4.74 Å². The van der Waals surface area contributed by atoms with Crippen molar-refractivity contribution < 1.29 is 9.53 Å². The van der Waals surface area contributed by atoms with E-state index >= 15 is 0 Å². The predicted octanol–water partition coefficient (Wildman–Crippen LogP) is 5.32. The molecule has 0 radical (unpaired) electrons. The molecule has 0 aliphatic heterocycles. The van der Waals surface area contributed by atoms with E-state index in [1.165, 1.54) is 0 Å². The van der Waals surface area contributed by atoms with Gasteiger partial charge in [-0.05, 0) is 54.1 Å². The fourth-order valence-electron chi connectivity index (χ4n) is 3.00. The van der Waals surface area contributed by atoms with Gasteiger partial charge in [-0.1, -0.05) is 29.8 Å². The van der Waals surface area contributed by atoms with E-state index in [9.17, 15) is 4.79 Å². The van der Waals surface area contributed by atoms with Crippen LogP contribution in [-0.4, -0.2) is 22.9 Å². The molecule has 0 aliphatic carbocycles. The molecular weight excluding hydrogens is 360 g/mol. The van der Waals surface area contributed by atoms with E-state index in [4.69, 9.17) is 16.3 Å². The maximum atomic E-state index is 12.5. The summed E-state index contributed by atoms with van der Waals surface area (Å²) in [6.07, 6.45) is 0.313. The van der Waals surface area contributed by atoms with Gasteiger partial charge < -0.3 is 9.72 Å². The van der Waals surface area contributed by atoms with Crippen molar-refractivity contribution in [1.29, 1.82) is 0 Å². The monoisotopic (exact) mass is 376 g/mol. The topological polar surface area (TPSA) is 55.0 Å². The fraction of sp³-hybridized carbons (Fsp3) is 0.0909. The van der Waals surface area contributed by atoms with Crippen LogP contribution in [0.5, 0.6) is 5.75 Å². The van der Waals surface area contributed by atoms with Crippen LogP contribution in [-0.2, 0) is 6.42 Å². The maximum absolute atomic E-state index is 12.5. The number of fused-ring (bicyclic) bond motifs is 1. The van der Waals surface area contributed by atoms with Crippen LogP contribution in [0, 0.1) is 0 Å². The molecule has 0 atom stereocenters. The van der Waals surface area contributed by atoms with Crippen LogP contribution in [0.4, 0.5) is 0 Å². The van der Waals surface area contributed by atoms with Crippen molar-refractivity contribution in [2.24, 2.45) is 0 Å². The number of carbonyl (C=O) groups is 1. The second kappa shape index (κ2) is 7.25. The zero-order valence-electron chi connectivity index (χ0n) is 14.7. The number of ether oxygens (including phenoxy) is 1. The van der Waals surface area contributed by atoms with Gasteiger partial charge in [-0.2, -0.15) is 0 Å². The number of halogens is 1. The van der Waals surface area contributed by atoms with Crippen LogP contribution in [0.15, 0.2) is 66.7 Å². The molecule has 0 amide bonds. The molecule has 1 N–H and O–H groups in total. The zero-order valence-corrected chi connectivity index (χ0v) is 15.5. The fourth-order valence-corrected chi connectivity index (χ4v) is 3.19. The second-order valence-electron chi connectivity index (χ2n) is 6.28. The molecule has 5 heteroatoms. The number of aromatic nitrogens is 2. The molecule has 0 aliphatic rings. The Kier molecular flexibility index (Phi) is 4.65. The second-order valence-corrected chi connectivity index (χ2v) is 6.71. The van der Waals surface area contributed by atoms with Crippen molar-refractivity contribution in [1.82, 2.24) is 9.97 Å². The Morgan fingerprint density at radius 2 is 1.89 bits per heavy atom. The molecule has 4 aromatic rings. The molecule has 1 aromatic heterocycles. The average molecular weight is 377 g/mol. The summed E-state index contributed by atoms with van der Waals surface area (Å²) in [5, 5.41) is 0.564. The standard InChI is InChI=1S/C22H17ClN2O2/c1-27-18-8-6-15(7-9-18)22-24-19-10-5-14(11-20(19)25-22)12-21(26)16-3-2-4-17(23)13-16/h2-11,13H,12H2,1H3,(H,24,25). The maximum Gasteiger partial charge on any atom is 0.167 e. The molecular formula is C22H17ClN2O2. The first kappa shape index (κ1) is 17.3. The number of imidazole rings is 1. The Hall–Kier alpha value is -3.11. The molecule has 134 valence electrons. The summed E-state index contributed by atoms with van der Waals surface area (Å²) in [5.41, 5.74) is 4.28. The number of methoxy groups -OCH3 is 1. The number of rotatable bonds is 5. The number of nitrogens with zero attached hydrogens (tertiary/aromatic N) is 1. The minimum Gasteiger partial charge on any atom is -0.497 e. The number of carbonyl (C=O) groups excluding carboxylic acids is 1. The summed E-state index contributed by atoms with van der Waals surface area (Å²) < 4.78 is 5.19. The number of Topliss-reactive ketones (excluding diaryl/α,β-unsaturated/α-hetero) is 1. The van der Waals surface area contributed by atoms with Crippen molar-refractivity contribution in [3.8, 4) is 17.1 Å². The number of nitrogens with one attached hydrogen (secondary N) is 1. The van der Waals surface area contributed by atoms with Crippen LogP contribution in [0.3, 0.4) is 0 Å². The van der Waals surface area contributed by atoms with Crippen LogP contribution in [0.1, 0.15) is 15.9 Å². The molecule has 0 saturated carbocycles. The van der Waals surface area contributed by atoms with Gasteiger partial charge in [0.05, 0.1) is 18.1 Å². The lowest BCUT2D eigenvalue weighted by molar-refractivity contribution is 0.0993. The highest BCUT2D eigenvalue weighted by Gasteiger charge is 2.10. The quantitative estimate of drug-likeness (QED) is 0.480. The molecule has 1 heterocycles. The highest BCUT2D eigenvalue weighted by atomic mass is 35.5. The van der Waals surface area contributed by atoms with Crippen LogP contribution >= 0.6 is 11.6 Å². The van der Waals surface area contributed by atoms with Crippen molar-refractivity contribution in [3.63, 3.8) is 0 Å². The van der Waals surface area contributed by atoms with Gasteiger partial charge in [0.2, 0.25) is 0 Å². The van der Waals surface area contributed by atoms with Gasteiger partial charge >= 0.3 is 0 Å². The van der Waals surface area contributed by atoms with E-state index in [2.05, 4.69) is 9.97 Å². The minimum atomic E-state index is 0.0340. The van der Waals surface area contributed by atoms with Gasteiger partial charge in [-0.3, -0.25) is 4.79 Å². The van der Waals surface area contributed by atoms with E-state index < -0.39 is 0 Å². The molecule has 0 fully saturated rings. The Morgan fingerprint density at radius 1 is 1.07 bits per heavy atom. The molecule has 0 saturated heterocycles. The lowest BCUT2D eigenvalue weighted by Crippen LogP contribution is -2.03. The minimum absolute atomic E-state index is 0.0340. The summed E-state index contributed by atoms with van der Waals surface area (Å²) in [6, 6.07) is 20.6. The number of ketones is 1. The van der Waals surface area contributed by atoms with Gasteiger partial charge in [-0.15, -0.1) is 0 Å². The largest absolute Gasteiger partial charge is 0.497 e. The highest BCUT2D eigenvalue weighted by Crippen LogP contribution is 2.24. The number of H-pyrrole nitrogens is 1. The predicted molar refractivity (Wildman–Crippen MR) is 108 cm³/mol. The van der Waals surface area contributed by atoms with Crippen molar-refractivity contribution in [2.45, 2.75) is 6.42 Å². The Balaban J connectivity index is 1.59. The summed E-state index contributed by atoms with van der Waals surface area (Å²) in [5.74, 6) is 1.62. The summed E-state index contributed by atoms with van der Waals surface area (Å²) in [4.78, 5) is 20.5. The third-order valence-electron chi connectivity index (χ3n) is 4.42. The van der Waals surface area contributed by atoms with Crippen LogP contribution in [0.25, 0.3) is 22.4 Å². The Bertz CT molecular complexity index is 1120. The van der Waals surface area contributed by atoms with Crippen molar-refractivity contribution >= 4 is 28.4 Å². The normalized spacial score (nSPS) is 10.9. The van der Waals surface area contributed by atoms with Gasteiger partial charge in [-0.25, -0.2) is 4.98 Å². The first-order valence-electron chi connectivity index (χ1n) is 8.54. The highest BCUT2D eigenvalue weighted by molar-refractivity contribution is 6.31. The lowest BCUT2D eigenvalue weighted by atomic mass is 10.0. The summed E-state index contributed by atoms with van der Waals surface area (Å²) in [6.45, 7) is 0. The van der Waals surface area contributed by atoms with Gasteiger partial charge in [0, 0.05) is 22.6 Å². The number of hydrogen-bond donors (Lipinski definition) is 1. The summed E-state index contributed by atoms with van der Waals surface area (Å²) in [7, 11) is 1.64. The summed E-state index contributed by atoms with van der Waals surface area (Å²) >= 11 is 5.98. The Morgan fingerprint density at radius 3 is 2.63 bits per heavy atom. The number of aromatic amines is 1. The smallest absolute Gasteiger partial charge is 0.167 e. The molecule has 0 spiro atoms. The molecule has 0 bridgehead atoms. The van der Waals surface area contributed by atoms with E-state index in [-0.39, 0.29) is 5.78 Å². The van der Waals surface area contributed by atoms with Crippen LogP contribution in [0.2, 0.25) is 5.02 Å². The van der Waals surface area contributed by atoms with Crippen molar-refractivity contribution in [2.75, 3.05) is 7.11 Å². The third-order valence-corrected chi connectivity index (χ3v) is 4.66. The van der Waals surface area contributed by atoms with E-state index in [1.807, 2.05) is 42.5 Å². The molecule has 27 heavy (non-hydrogen) atoms. The average Bonchev–Trinajstić information content (AvgIpc) is 3.11. The van der Waals surface area contributed by atoms with Gasteiger partial charge in [0.15, 0.2) is 5.78 Å².